The number of thioether (sulfide) groups is 1. The summed E-state index contributed by atoms with van der Waals surface area (Å²) in [7, 11) is 0. The van der Waals surface area contributed by atoms with E-state index >= 15 is 0 Å². The summed E-state index contributed by atoms with van der Waals surface area (Å²) in [5.74, 6) is 0.0626. The van der Waals surface area contributed by atoms with Crippen molar-refractivity contribution in [3.8, 4) is 5.75 Å². The quantitative estimate of drug-likeness (QED) is 0.429. The van der Waals surface area contributed by atoms with Gasteiger partial charge >= 0.3 is 0 Å². The molecule has 0 unspecified atom stereocenters. The Morgan fingerprint density at radius 3 is 2.64 bits per heavy atom. The van der Waals surface area contributed by atoms with Crippen molar-refractivity contribution in [2.75, 3.05) is 11.5 Å². The zero-order valence-corrected chi connectivity index (χ0v) is 14.8. The molecule has 2 aromatic rings. The van der Waals surface area contributed by atoms with Gasteiger partial charge in [-0.3, -0.25) is 9.69 Å². The number of para-hydroxylation sites is 1. The lowest BCUT2D eigenvalue weighted by atomic mass is 10.2. The highest BCUT2D eigenvalue weighted by Gasteiger charge is 2.33. The van der Waals surface area contributed by atoms with Crippen LogP contribution in [0.4, 0.5) is 10.1 Å². The number of rotatable bonds is 5. The summed E-state index contributed by atoms with van der Waals surface area (Å²) in [4.78, 5) is 14.6. The lowest BCUT2D eigenvalue weighted by molar-refractivity contribution is -0.113. The van der Waals surface area contributed by atoms with E-state index in [0.29, 0.717) is 27.3 Å². The van der Waals surface area contributed by atoms with Crippen LogP contribution in [0.15, 0.2) is 66.1 Å². The third-order valence-electron chi connectivity index (χ3n) is 3.44. The van der Waals surface area contributed by atoms with Gasteiger partial charge in [-0.1, -0.05) is 54.8 Å². The predicted octanol–water partition coefficient (Wildman–Crippen LogP) is 4.80. The largest absolute Gasteiger partial charge is 0.489 e. The number of benzene rings is 2. The van der Waals surface area contributed by atoms with E-state index in [0.717, 1.165) is 5.56 Å². The van der Waals surface area contributed by atoms with Crippen molar-refractivity contribution < 1.29 is 13.9 Å². The molecular weight excluding hydrogens is 357 g/mol. The first-order chi connectivity index (χ1) is 12.1. The maximum absolute atomic E-state index is 13.1. The van der Waals surface area contributed by atoms with Crippen LogP contribution in [0.25, 0.3) is 6.08 Å². The van der Waals surface area contributed by atoms with Gasteiger partial charge in [0, 0.05) is 5.56 Å². The minimum absolute atomic E-state index is 0.236. The average molecular weight is 371 g/mol. The number of anilines is 1. The highest BCUT2D eigenvalue weighted by molar-refractivity contribution is 8.27. The molecule has 6 heteroatoms. The van der Waals surface area contributed by atoms with Crippen LogP contribution in [0, 0.1) is 5.82 Å². The lowest BCUT2D eigenvalue weighted by Crippen LogP contribution is -2.27. The number of amides is 1. The number of thiocarbonyl (C=S) groups is 1. The van der Waals surface area contributed by atoms with Gasteiger partial charge in [0.1, 0.15) is 18.2 Å². The minimum atomic E-state index is -0.363. The molecule has 2 aromatic carbocycles. The summed E-state index contributed by atoms with van der Waals surface area (Å²) in [6.45, 7) is 4.01. The number of halogens is 1. The van der Waals surface area contributed by atoms with Crippen LogP contribution >= 0.6 is 24.0 Å². The Labute approximate surface area is 154 Å². The molecular formula is C19H14FNO2S2. The summed E-state index contributed by atoms with van der Waals surface area (Å²) in [5.41, 5.74) is 1.33. The molecule has 0 aliphatic carbocycles. The molecule has 0 atom stereocenters. The molecule has 3 rings (SSSR count). The molecule has 0 spiro atoms. The average Bonchev–Trinajstić information content (AvgIpc) is 2.89. The van der Waals surface area contributed by atoms with Crippen molar-refractivity contribution in [3.63, 3.8) is 0 Å². The molecule has 1 amide bonds. The Bertz CT molecular complexity index is 862. The normalized spacial score (nSPS) is 15.7. The first kappa shape index (κ1) is 17.4. The van der Waals surface area contributed by atoms with Crippen molar-refractivity contribution in [3.05, 3.63) is 77.5 Å². The molecule has 0 radical (unpaired) electrons. The standard InChI is InChI=1S/C19H14FNO2S2/c1-2-11-23-16-6-4-3-5-13(16)12-17-18(22)21(19(24)25-17)15-9-7-14(20)8-10-15/h2-10,12H,1,11H2/b17-12+. The van der Waals surface area contributed by atoms with Crippen LogP contribution in [0.5, 0.6) is 5.75 Å². The van der Waals surface area contributed by atoms with Crippen molar-refractivity contribution >= 4 is 46.0 Å². The third-order valence-corrected chi connectivity index (χ3v) is 4.74. The summed E-state index contributed by atoms with van der Waals surface area (Å²) in [6, 6.07) is 13.1. The molecule has 1 aliphatic heterocycles. The molecule has 0 saturated carbocycles. The molecule has 1 heterocycles. The fourth-order valence-corrected chi connectivity index (χ4v) is 3.59. The van der Waals surface area contributed by atoms with E-state index < -0.39 is 0 Å². The molecule has 0 bridgehead atoms. The van der Waals surface area contributed by atoms with E-state index in [-0.39, 0.29) is 11.7 Å². The minimum Gasteiger partial charge on any atom is -0.489 e. The molecule has 126 valence electrons. The summed E-state index contributed by atoms with van der Waals surface area (Å²) in [6.07, 6.45) is 3.41. The van der Waals surface area contributed by atoms with E-state index in [1.165, 1.54) is 40.9 Å². The van der Waals surface area contributed by atoms with Gasteiger partial charge in [0.15, 0.2) is 4.32 Å². The highest BCUT2D eigenvalue weighted by Crippen LogP contribution is 2.37. The molecule has 25 heavy (non-hydrogen) atoms. The Hall–Kier alpha value is -2.44. The first-order valence-corrected chi connectivity index (χ1v) is 8.69. The Morgan fingerprint density at radius 1 is 1.20 bits per heavy atom. The van der Waals surface area contributed by atoms with Crippen LogP contribution in [0.2, 0.25) is 0 Å². The Morgan fingerprint density at radius 2 is 1.92 bits per heavy atom. The Kier molecular flexibility index (Phi) is 5.31. The summed E-state index contributed by atoms with van der Waals surface area (Å²) in [5, 5.41) is 0. The second kappa shape index (κ2) is 7.63. The van der Waals surface area contributed by atoms with Crippen LogP contribution in [-0.4, -0.2) is 16.8 Å². The highest BCUT2D eigenvalue weighted by atomic mass is 32.2. The third kappa shape index (κ3) is 3.81. The zero-order chi connectivity index (χ0) is 17.8. The van der Waals surface area contributed by atoms with Crippen LogP contribution in [0.3, 0.4) is 0 Å². The van der Waals surface area contributed by atoms with Crippen molar-refractivity contribution in [2.45, 2.75) is 0 Å². The van der Waals surface area contributed by atoms with Crippen molar-refractivity contribution in [2.24, 2.45) is 0 Å². The van der Waals surface area contributed by atoms with Crippen molar-refractivity contribution in [1.29, 1.82) is 0 Å². The number of nitrogens with zero attached hydrogens (tertiary/aromatic N) is 1. The van der Waals surface area contributed by atoms with Crippen LogP contribution < -0.4 is 9.64 Å². The van der Waals surface area contributed by atoms with Crippen LogP contribution in [0.1, 0.15) is 5.56 Å². The SMILES string of the molecule is C=CCOc1ccccc1/C=C1/SC(=S)N(c2ccc(F)cc2)C1=O. The number of hydrogen-bond donors (Lipinski definition) is 0. The van der Waals surface area contributed by atoms with Gasteiger partial charge in [0.2, 0.25) is 0 Å². The van der Waals surface area contributed by atoms with Gasteiger partial charge in [-0.2, -0.15) is 0 Å². The second-order valence-electron chi connectivity index (χ2n) is 5.13. The lowest BCUT2D eigenvalue weighted by Gasteiger charge is -2.14. The van der Waals surface area contributed by atoms with Gasteiger partial charge in [-0.15, -0.1) is 0 Å². The Balaban J connectivity index is 1.91. The van der Waals surface area contributed by atoms with Gasteiger partial charge in [0.25, 0.3) is 5.91 Å². The number of ether oxygens (including phenoxy) is 1. The van der Waals surface area contributed by atoms with E-state index in [4.69, 9.17) is 17.0 Å². The van der Waals surface area contributed by atoms with Crippen molar-refractivity contribution in [1.82, 2.24) is 0 Å². The molecule has 1 fully saturated rings. The van der Waals surface area contributed by atoms with Gasteiger partial charge in [0.05, 0.1) is 10.6 Å². The molecule has 1 saturated heterocycles. The smallest absolute Gasteiger partial charge is 0.270 e. The summed E-state index contributed by atoms with van der Waals surface area (Å²) < 4.78 is 19.1. The monoisotopic (exact) mass is 371 g/mol. The maximum Gasteiger partial charge on any atom is 0.270 e. The number of hydrogen-bond acceptors (Lipinski definition) is 4. The molecule has 0 N–H and O–H groups in total. The van der Waals surface area contributed by atoms with E-state index in [1.54, 1.807) is 12.2 Å². The maximum atomic E-state index is 13.1. The van der Waals surface area contributed by atoms with Crippen LogP contribution in [-0.2, 0) is 4.79 Å². The fourth-order valence-electron chi connectivity index (χ4n) is 2.30. The van der Waals surface area contributed by atoms with E-state index in [9.17, 15) is 9.18 Å². The summed E-state index contributed by atoms with van der Waals surface area (Å²) >= 11 is 6.53. The molecule has 1 aliphatic rings. The molecule has 3 nitrogen and oxygen atoms in total. The number of carbonyl (C=O) groups excluding carboxylic acids is 1. The first-order valence-electron chi connectivity index (χ1n) is 7.46. The number of carbonyl (C=O) groups is 1. The van der Waals surface area contributed by atoms with Gasteiger partial charge in [-0.05, 0) is 36.4 Å². The second-order valence-corrected chi connectivity index (χ2v) is 6.81. The zero-order valence-electron chi connectivity index (χ0n) is 13.1. The van der Waals surface area contributed by atoms with E-state index in [2.05, 4.69) is 6.58 Å². The van der Waals surface area contributed by atoms with Gasteiger partial charge in [-0.25, -0.2) is 4.39 Å². The molecule has 0 aromatic heterocycles. The van der Waals surface area contributed by atoms with E-state index in [1.807, 2.05) is 24.3 Å². The predicted molar refractivity (Wildman–Crippen MR) is 104 cm³/mol. The fraction of sp³-hybridized carbons (Fsp3) is 0.0526. The van der Waals surface area contributed by atoms with Gasteiger partial charge < -0.3 is 4.74 Å². The topological polar surface area (TPSA) is 29.5 Å².